The van der Waals surface area contributed by atoms with Crippen LogP contribution in [0.5, 0.6) is 0 Å². The molecule has 0 aromatic carbocycles. The molecule has 1 fully saturated rings. The fraction of sp³-hybridized carbons (Fsp3) is 0.600. The molecule has 1 aromatic rings. The molecule has 0 saturated carbocycles. The molecule has 0 unspecified atom stereocenters. The number of amides is 1. The van der Waals surface area contributed by atoms with E-state index in [1.165, 1.54) is 0 Å². The highest BCUT2D eigenvalue weighted by Gasteiger charge is 2.35. The maximum absolute atomic E-state index is 11.6. The van der Waals surface area contributed by atoms with Crippen LogP contribution in [-0.4, -0.2) is 45.8 Å². The van der Waals surface area contributed by atoms with Gasteiger partial charge in [-0.3, -0.25) is 4.90 Å². The number of pyridine rings is 1. The lowest BCUT2D eigenvalue weighted by atomic mass is 9.97. The van der Waals surface area contributed by atoms with Crippen molar-refractivity contribution in [3.05, 3.63) is 18.3 Å². The smallest absolute Gasteiger partial charge is 0.408 e. The van der Waals surface area contributed by atoms with Crippen LogP contribution in [0.3, 0.4) is 0 Å². The van der Waals surface area contributed by atoms with Gasteiger partial charge in [-0.1, -0.05) is 0 Å². The molecule has 0 radical (unpaired) electrons. The van der Waals surface area contributed by atoms with Crippen molar-refractivity contribution >= 4 is 17.6 Å². The number of nitrogen functional groups attached to an aromatic ring is 1. The number of nitrogens with zero attached hydrogens (tertiary/aromatic N) is 3. The molecule has 116 valence electrons. The number of hydrogen-bond donors (Lipinski definition) is 2. The number of anilines is 2. The third-order valence-corrected chi connectivity index (χ3v) is 3.79. The lowest BCUT2D eigenvalue weighted by molar-refractivity contribution is 0.0647. The summed E-state index contributed by atoms with van der Waals surface area (Å²) in [7, 11) is 0. The van der Waals surface area contributed by atoms with Crippen LogP contribution in [0.15, 0.2) is 18.3 Å². The van der Waals surface area contributed by atoms with Gasteiger partial charge >= 0.3 is 6.09 Å². The zero-order valence-electron chi connectivity index (χ0n) is 12.9. The number of aromatic nitrogens is 1. The molecule has 0 aliphatic carbocycles. The molecule has 0 spiro atoms. The van der Waals surface area contributed by atoms with Crippen LogP contribution in [0.25, 0.3) is 0 Å². The minimum atomic E-state index is -0.861. The standard InChI is InChI=1S/C15H24N4O2/c1-15(2,3)19(14(20)21)12-5-4-8-18(10-12)13-7-6-11(16)9-17-13/h6-7,9,12H,4-5,8,10,16H2,1-3H3,(H,20,21)/t12-/m1/s1. The quantitative estimate of drug-likeness (QED) is 0.874. The zero-order valence-corrected chi connectivity index (χ0v) is 12.9. The van der Waals surface area contributed by atoms with Crippen molar-refractivity contribution < 1.29 is 9.90 Å². The molecule has 21 heavy (non-hydrogen) atoms. The van der Waals surface area contributed by atoms with Crippen molar-refractivity contribution in [1.82, 2.24) is 9.88 Å². The molecule has 2 rings (SSSR count). The number of hydrogen-bond acceptors (Lipinski definition) is 4. The summed E-state index contributed by atoms with van der Waals surface area (Å²) in [4.78, 5) is 19.6. The molecular formula is C15H24N4O2. The van der Waals surface area contributed by atoms with E-state index < -0.39 is 11.6 Å². The summed E-state index contributed by atoms with van der Waals surface area (Å²) in [5.41, 5.74) is 5.89. The Bertz CT molecular complexity index is 495. The Morgan fingerprint density at radius 1 is 1.48 bits per heavy atom. The van der Waals surface area contributed by atoms with Crippen molar-refractivity contribution in [1.29, 1.82) is 0 Å². The second-order valence-corrected chi connectivity index (χ2v) is 6.52. The molecule has 1 atom stereocenters. The van der Waals surface area contributed by atoms with Gasteiger partial charge in [0.05, 0.1) is 17.9 Å². The Balaban J connectivity index is 2.16. The molecule has 1 amide bonds. The van der Waals surface area contributed by atoms with Crippen molar-refractivity contribution in [3.63, 3.8) is 0 Å². The second-order valence-electron chi connectivity index (χ2n) is 6.52. The van der Waals surface area contributed by atoms with E-state index >= 15 is 0 Å². The number of rotatable bonds is 2. The van der Waals surface area contributed by atoms with Gasteiger partial charge in [-0.05, 0) is 45.7 Å². The summed E-state index contributed by atoms with van der Waals surface area (Å²) in [6, 6.07) is 3.69. The van der Waals surface area contributed by atoms with E-state index in [4.69, 9.17) is 5.73 Å². The zero-order chi connectivity index (χ0) is 15.6. The Labute approximate surface area is 125 Å². The monoisotopic (exact) mass is 292 g/mol. The van der Waals surface area contributed by atoms with Gasteiger partial charge in [-0.2, -0.15) is 0 Å². The van der Waals surface area contributed by atoms with Crippen LogP contribution in [0.2, 0.25) is 0 Å². The molecule has 6 heteroatoms. The lowest BCUT2D eigenvalue weighted by Gasteiger charge is -2.44. The Morgan fingerprint density at radius 2 is 2.19 bits per heavy atom. The van der Waals surface area contributed by atoms with Gasteiger partial charge in [-0.25, -0.2) is 9.78 Å². The first-order valence-electron chi connectivity index (χ1n) is 7.28. The second kappa shape index (κ2) is 5.79. The molecule has 1 aliphatic rings. The van der Waals surface area contributed by atoms with Crippen molar-refractivity contribution in [2.24, 2.45) is 0 Å². The summed E-state index contributed by atoms with van der Waals surface area (Å²) >= 11 is 0. The minimum absolute atomic E-state index is 0.0180. The summed E-state index contributed by atoms with van der Waals surface area (Å²) in [5, 5.41) is 9.53. The van der Waals surface area contributed by atoms with E-state index in [2.05, 4.69) is 9.88 Å². The van der Waals surface area contributed by atoms with Crippen molar-refractivity contribution in [2.75, 3.05) is 23.7 Å². The van der Waals surface area contributed by atoms with Gasteiger partial charge in [0, 0.05) is 18.6 Å². The predicted molar refractivity (Wildman–Crippen MR) is 83.5 cm³/mol. The topological polar surface area (TPSA) is 82.7 Å². The van der Waals surface area contributed by atoms with E-state index in [1.807, 2.05) is 32.9 Å². The van der Waals surface area contributed by atoms with Crippen molar-refractivity contribution in [3.8, 4) is 0 Å². The van der Waals surface area contributed by atoms with Gasteiger partial charge in [0.2, 0.25) is 0 Å². The third kappa shape index (κ3) is 3.56. The third-order valence-electron chi connectivity index (χ3n) is 3.79. The first-order valence-corrected chi connectivity index (χ1v) is 7.28. The van der Waals surface area contributed by atoms with Crippen LogP contribution in [0.1, 0.15) is 33.6 Å². The summed E-state index contributed by atoms with van der Waals surface area (Å²) in [6.45, 7) is 7.36. The highest BCUT2D eigenvalue weighted by atomic mass is 16.4. The van der Waals surface area contributed by atoms with Gasteiger partial charge in [-0.15, -0.1) is 0 Å². The molecule has 0 bridgehead atoms. The summed E-state index contributed by atoms with van der Waals surface area (Å²) < 4.78 is 0. The Kier molecular flexibility index (Phi) is 4.25. The number of piperidine rings is 1. The average molecular weight is 292 g/mol. The highest BCUT2D eigenvalue weighted by molar-refractivity contribution is 5.66. The molecule has 1 saturated heterocycles. The van der Waals surface area contributed by atoms with E-state index in [0.29, 0.717) is 12.2 Å². The largest absolute Gasteiger partial charge is 0.465 e. The van der Waals surface area contributed by atoms with E-state index in [1.54, 1.807) is 11.1 Å². The summed E-state index contributed by atoms with van der Waals surface area (Å²) in [5.74, 6) is 0.855. The van der Waals surface area contributed by atoms with Gasteiger partial charge < -0.3 is 15.7 Å². The first-order chi connectivity index (χ1) is 9.79. The molecular weight excluding hydrogens is 268 g/mol. The lowest BCUT2D eigenvalue weighted by Crippen LogP contribution is -2.57. The van der Waals surface area contributed by atoms with Gasteiger partial charge in [0.25, 0.3) is 0 Å². The maximum Gasteiger partial charge on any atom is 0.408 e. The van der Waals surface area contributed by atoms with Crippen LogP contribution < -0.4 is 10.6 Å². The SMILES string of the molecule is CC(C)(C)N(C(=O)O)[C@@H]1CCCN(c2ccc(N)cn2)C1. The summed E-state index contributed by atoms with van der Waals surface area (Å²) in [6.07, 6.45) is 2.61. The highest BCUT2D eigenvalue weighted by Crippen LogP contribution is 2.26. The fourth-order valence-corrected chi connectivity index (χ4v) is 2.95. The van der Waals surface area contributed by atoms with Crippen LogP contribution in [0, 0.1) is 0 Å². The maximum atomic E-state index is 11.6. The van der Waals surface area contributed by atoms with Crippen LogP contribution in [-0.2, 0) is 0 Å². The molecule has 6 nitrogen and oxygen atoms in total. The van der Waals surface area contributed by atoms with E-state index in [9.17, 15) is 9.90 Å². The Morgan fingerprint density at radius 3 is 2.71 bits per heavy atom. The van der Waals surface area contributed by atoms with Gasteiger partial charge in [0.15, 0.2) is 0 Å². The van der Waals surface area contributed by atoms with E-state index in [-0.39, 0.29) is 6.04 Å². The normalized spacial score (nSPS) is 19.4. The molecule has 3 N–H and O–H groups in total. The van der Waals surface area contributed by atoms with Gasteiger partial charge in [0.1, 0.15) is 5.82 Å². The number of carboxylic acid groups (broad SMARTS) is 1. The van der Waals surface area contributed by atoms with Crippen LogP contribution in [0.4, 0.5) is 16.3 Å². The van der Waals surface area contributed by atoms with E-state index in [0.717, 1.165) is 25.2 Å². The number of nitrogens with two attached hydrogens (primary N) is 1. The molecule has 2 heterocycles. The minimum Gasteiger partial charge on any atom is -0.465 e. The molecule has 1 aliphatic heterocycles. The first kappa shape index (κ1) is 15.4. The fourth-order valence-electron chi connectivity index (χ4n) is 2.95. The average Bonchev–Trinajstić information content (AvgIpc) is 2.37. The number of carbonyl (C=O) groups is 1. The van der Waals surface area contributed by atoms with Crippen LogP contribution >= 0.6 is 0 Å². The predicted octanol–water partition coefficient (Wildman–Crippen LogP) is 2.41. The molecule has 1 aromatic heterocycles. The Hall–Kier alpha value is -1.98. The van der Waals surface area contributed by atoms with Crippen molar-refractivity contribution in [2.45, 2.75) is 45.2 Å².